The number of esters is 1. The minimum atomic E-state index is -0.929. The fourth-order valence-electron chi connectivity index (χ4n) is 3.71. The van der Waals surface area contributed by atoms with Crippen molar-refractivity contribution in [2.24, 2.45) is 17.4 Å². The van der Waals surface area contributed by atoms with Crippen molar-refractivity contribution in [1.82, 2.24) is 10.6 Å². The number of rotatable bonds is 18. The second kappa shape index (κ2) is 19.2. The van der Waals surface area contributed by atoms with Gasteiger partial charge in [-0.05, 0) is 43.4 Å². The highest BCUT2D eigenvalue weighted by atomic mass is 35.5. The van der Waals surface area contributed by atoms with E-state index in [9.17, 15) is 19.2 Å². The van der Waals surface area contributed by atoms with E-state index in [1.165, 1.54) is 20.1 Å². The van der Waals surface area contributed by atoms with Gasteiger partial charge in [0.15, 0.2) is 5.78 Å². The summed E-state index contributed by atoms with van der Waals surface area (Å²) in [5.74, 6) is -1.86. The highest BCUT2D eigenvalue weighted by Crippen LogP contribution is 2.18. The van der Waals surface area contributed by atoms with Crippen LogP contribution in [0.1, 0.15) is 38.2 Å². The Morgan fingerprint density at radius 2 is 1.72 bits per heavy atom. The maximum Gasteiger partial charge on any atom is 0.338 e. The van der Waals surface area contributed by atoms with E-state index in [2.05, 4.69) is 28.8 Å². The number of Topliss-reactive ketones (excluding diaryl/α,β-unsaturated/α-hetero) is 1. The second-order valence-corrected chi connectivity index (χ2v) is 8.70. The van der Waals surface area contributed by atoms with E-state index >= 15 is 0 Å². The summed E-state index contributed by atoms with van der Waals surface area (Å²) in [6, 6.07) is 5.37. The lowest BCUT2D eigenvalue weighted by Gasteiger charge is -2.23. The van der Waals surface area contributed by atoms with Crippen LogP contribution in [0.3, 0.4) is 0 Å². The fourth-order valence-corrected chi connectivity index (χ4v) is 3.71. The summed E-state index contributed by atoms with van der Waals surface area (Å²) in [7, 11) is 1.22. The molecular formula is C27H40ClN5O6. The second-order valence-electron chi connectivity index (χ2n) is 8.70. The Hall–Kier alpha value is -3.86. The number of guanidine groups is 1. The molecule has 1 rings (SSSR count). The molecule has 0 fully saturated rings. The molecule has 216 valence electrons. The number of ketones is 1. The quantitative estimate of drug-likeness (QED) is 0.0396. The molecule has 0 aliphatic carbocycles. The van der Waals surface area contributed by atoms with Crippen LogP contribution < -0.4 is 44.2 Å². The highest BCUT2D eigenvalue weighted by Gasteiger charge is 2.30. The molecule has 12 heteroatoms. The molecule has 0 aromatic heterocycles. The third kappa shape index (κ3) is 14.0. The molecule has 11 nitrogen and oxygen atoms in total. The lowest BCUT2D eigenvalue weighted by molar-refractivity contribution is -0.459. The van der Waals surface area contributed by atoms with E-state index in [1.807, 2.05) is 0 Å². The summed E-state index contributed by atoms with van der Waals surface area (Å²) in [5.41, 5.74) is 11.7. The zero-order valence-corrected chi connectivity index (χ0v) is 23.3. The SMILES string of the molecule is C=CCOc1ccc(C[C@H](NC(C)=O)C(=O)C[C@@H](CCC[NH+]=C(N)N)C(=O)N[C@H](CC=C)C(=O)OC)cc1.[Cl-]. The fraction of sp³-hybridized carbons (Fsp3) is 0.444. The van der Waals surface area contributed by atoms with E-state index in [4.69, 9.17) is 20.9 Å². The largest absolute Gasteiger partial charge is 1.00 e. The monoisotopic (exact) mass is 565 g/mol. The number of carbonyl (C=O) groups is 4. The van der Waals surface area contributed by atoms with Crippen LogP contribution in [0.5, 0.6) is 5.75 Å². The smallest absolute Gasteiger partial charge is 0.338 e. The van der Waals surface area contributed by atoms with Crippen LogP contribution >= 0.6 is 0 Å². The van der Waals surface area contributed by atoms with Gasteiger partial charge in [0.1, 0.15) is 18.4 Å². The normalized spacial score (nSPS) is 12.4. The summed E-state index contributed by atoms with van der Waals surface area (Å²) in [4.78, 5) is 53.2. The number of nitrogens with two attached hydrogens (primary N) is 2. The molecule has 0 unspecified atom stereocenters. The van der Waals surface area contributed by atoms with Crippen LogP contribution in [0.15, 0.2) is 49.6 Å². The zero-order valence-electron chi connectivity index (χ0n) is 22.5. The molecule has 2 amide bonds. The van der Waals surface area contributed by atoms with Gasteiger partial charge in [0.25, 0.3) is 0 Å². The predicted octanol–water partition coefficient (Wildman–Crippen LogP) is -3.75. The number of nitrogens with one attached hydrogen (secondary N) is 3. The van der Waals surface area contributed by atoms with Crippen molar-refractivity contribution in [2.45, 2.75) is 51.1 Å². The number of hydrogen-bond donors (Lipinski definition) is 5. The van der Waals surface area contributed by atoms with E-state index in [-0.39, 0.29) is 49.3 Å². The Bertz CT molecular complexity index is 995. The Morgan fingerprint density at radius 1 is 1.05 bits per heavy atom. The first kappa shape index (κ1) is 35.1. The lowest BCUT2D eigenvalue weighted by atomic mass is 9.90. The van der Waals surface area contributed by atoms with Crippen molar-refractivity contribution >= 4 is 29.5 Å². The van der Waals surface area contributed by atoms with E-state index in [1.54, 1.807) is 30.3 Å². The van der Waals surface area contributed by atoms with Crippen LogP contribution in [0.4, 0.5) is 0 Å². The van der Waals surface area contributed by atoms with Crippen LogP contribution in [-0.2, 0) is 30.3 Å². The first-order valence-corrected chi connectivity index (χ1v) is 12.3. The van der Waals surface area contributed by atoms with Gasteiger partial charge >= 0.3 is 11.9 Å². The minimum absolute atomic E-state index is 0. The van der Waals surface area contributed by atoms with Gasteiger partial charge in [0, 0.05) is 19.3 Å². The van der Waals surface area contributed by atoms with E-state index < -0.39 is 29.9 Å². The lowest BCUT2D eigenvalue weighted by Crippen LogP contribution is -3.00. The van der Waals surface area contributed by atoms with Crippen molar-refractivity contribution in [1.29, 1.82) is 0 Å². The van der Waals surface area contributed by atoms with Crippen LogP contribution in [0.25, 0.3) is 0 Å². The van der Waals surface area contributed by atoms with Crippen molar-refractivity contribution < 1.29 is 46.1 Å². The van der Waals surface area contributed by atoms with Gasteiger partial charge in [-0.15, -0.1) is 6.58 Å². The molecule has 0 saturated heterocycles. The van der Waals surface area contributed by atoms with Gasteiger partial charge in [0.05, 0.1) is 19.7 Å². The first-order chi connectivity index (χ1) is 18.1. The third-order valence-electron chi connectivity index (χ3n) is 5.58. The maximum atomic E-state index is 13.4. The molecule has 0 saturated carbocycles. The molecule has 0 aliphatic rings. The number of hydrogen-bond acceptors (Lipinski definition) is 6. The van der Waals surface area contributed by atoms with Crippen LogP contribution in [0.2, 0.25) is 0 Å². The zero-order chi connectivity index (χ0) is 28.5. The van der Waals surface area contributed by atoms with Gasteiger partial charge in [0.2, 0.25) is 11.8 Å². The van der Waals surface area contributed by atoms with Crippen molar-refractivity contribution in [2.75, 3.05) is 20.3 Å². The van der Waals surface area contributed by atoms with Gasteiger partial charge in [-0.1, -0.05) is 30.9 Å². The molecular weight excluding hydrogens is 526 g/mol. The molecule has 3 atom stereocenters. The van der Waals surface area contributed by atoms with E-state index in [0.29, 0.717) is 31.7 Å². The minimum Gasteiger partial charge on any atom is -1.00 e. The molecule has 1 aromatic rings. The number of methoxy groups -OCH3 is 1. The molecule has 0 spiro atoms. The maximum absolute atomic E-state index is 13.4. The highest BCUT2D eigenvalue weighted by molar-refractivity contribution is 5.93. The number of amides is 2. The van der Waals surface area contributed by atoms with Crippen molar-refractivity contribution in [3.05, 3.63) is 55.1 Å². The number of ether oxygens (including phenoxy) is 2. The van der Waals surface area contributed by atoms with Gasteiger partial charge in [-0.2, -0.15) is 0 Å². The summed E-state index contributed by atoms with van der Waals surface area (Å²) >= 11 is 0. The summed E-state index contributed by atoms with van der Waals surface area (Å²) in [6.45, 7) is 9.30. The van der Waals surface area contributed by atoms with Crippen LogP contribution in [0, 0.1) is 5.92 Å². The number of carbonyl (C=O) groups excluding carboxylic acids is 4. The topological polar surface area (TPSA) is 177 Å². The Balaban J connectivity index is 0.0000144. The molecule has 0 heterocycles. The van der Waals surface area contributed by atoms with E-state index in [0.717, 1.165) is 5.56 Å². The summed E-state index contributed by atoms with van der Waals surface area (Å²) in [5, 5.41) is 5.35. The first-order valence-electron chi connectivity index (χ1n) is 12.3. The molecule has 0 aliphatic heterocycles. The molecule has 1 aromatic carbocycles. The standard InChI is InChI=1S/C27H39N5O6.ClH/c1-5-8-22(26(36)37-4)32-25(35)20(9-7-14-30-27(28)29)17-24(34)23(31-18(3)33)16-19-10-12-21(13-11-19)38-15-6-2;/h5-6,10-13,20,22-23H,1-2,7-9,14-17H2,3-4H3,(H,31,33)(H,32,35)(H4,28,29,30);1H/t20-,22-,23+;/m1./s1. The van der Waals surface area contributed by atoms with Gasteiger partial charge < -0.3 is 32.5 Å². The Labute approximate surface area is 235 Å². The van der Waals surface area contributed by atoms with Crippen LogP contribution in [-0.4, -0.2) is 61.9 Å². The summed E-state index contributed by atoms with van der Waals surface area (Å²) < 4.78 is 10.2. The number of benzene rings is 1. The molecule has 39 heavy (non-hydrogen) atoms. The molecule has 0 bridgehead atoms. The molecule has 0 radical (unpaired) electrons. The average molecular weight is 566 g/mol. The van der Waals surface area contributed by atoms with Gasteiger partial charge in [-0.3, -0.25) is 30.8 Å². The van der Waals surface area contributed by atoms with Gasteiger partial charge in [-0.25, -0.2) is 4.79 Å². The predicted molar refractivity (Wildman–Crippen MR) is 144 cm³/mol. The molecule has 7 N–H and O–H groups in total. The Kier molecular flexibility index (Phi) is 17.3. The van der Waals surface area contributed by atoms with Crippen molar-refractivity contribution in [3.63, 3.8) is 0 Å². The third-order valence-corrected chi connectivity index (χ3v) is 5.58. The summed E-state index contributed by atoms with van der Waals surface area (Å²) in [6.07, 6.45) is 4.16. The average Bonchev–Trinajstić information content (AvgIpc) is 2.88. The number of halogens is 1. The van der Waals surface area contributed by atoms with Crippen molar-refractivity contribution in [3.8, 4) is 5.75 Å². The Morgan fingerprint density at radius 3 is 2.26 bits per heavy atom.